The lowest BCUT2D eigenvalue weighted by molar-refractivity contribution is -0.127. The molecule has 0 aromatic heterocycles. The van der Waals surface area contributed by atoms with Crippen molar-refractivity contribution < 1.29 is 9.59 Å². The van der Waals surface area contributed by atoms with Gasteiger partial charge in [-0.05, 0) is 36.1 Å². The summed E-state index contributed by atoms with van der Waals surface area (Å²) in [5.74, 6) is -0.399. The van der Waals surface area contributed by atoms with Crippen LogP contribution in [0.15, 0.2) is 48.5 Å². The minimum atomic E-state index is -0.772. The first-order valence-corrected chi connectivity index (χ1v) is 7.14. The molecular weight excluding hydrogens is 262 g/mol. The van der Waals surface area contributed by atoms with Gasteiger partial charge in [0.05, 0.1) is 11.3 Å². The van der Waals surface area contributed by atoms with Crippen LogP contribution < -0.4 is 5.32 Å². The van der Waals surface area contributed by atoms with Crippen LogP contribution in [0, 0.1) is 0 Å². The average Bonchev–Trinajstić information content (AvgIpc) is 2.96. The number of carbonyl (C=O) groups excluding carboxylic acids is 2. The minimum absolute atomic E-state index is 0.0480. The van der Waals surface area contributed by atoms with E-state index >= 15 is 0 Å². The fourth-order valence-electron chi connectivity index (χ4n) is 4.01. The number of rotatable bonds is 1. The average molecular weight is 277 g/mol. The first-order valence-electron chi connectivity index (χ1n) is 7.14. The third-order valence-electron chi connectivity index (χ3n) is 4.80. The van der Waals surface area contributed by atoms with Crippen molar-refractivity contribution >= 4 is 17.4 Å². The van der Waals surface area contributed by atoms with Crippen LogP contribution >= 0.6 is 0 Å². The Morgan fingerprint density at radius 1 is 1.14 bits per heavy atom. The van der Waals surface area contributed by atoms with Crippen LogP contribution in [0.4, 0.5) is 5.69 Å². The van der Waals surface area contributed by atoms with E-state index in [1.807, 2.05) is 48.5 Å². The van der Waals surface area contributed by atoms with Crippen molar-refractivity contribution in [3.63, 3.8) is 0 Å². The maximum Gasteiger partial charge on any atom is 0.236 e. The second-order valence-electron chi connectivity index (χ2n) is 5.89. The lowest BCUT2D eigenvalue weighted by Gasteiger charge is -2.28. The van der Waals surface area contributed by atoms with Gasteiger partial charge in [0.1, 0.15) is 5.78 Å². The minimum Gasteiger partial charge on any atom is -0.325 e. The smallest absolute Gasteiger partial charge is 0.236 e. The molecule has 2 aromatic carbocycles. The van der Waals surface area contributed by atoms with Gasteiger partial charge in [0.2, 0.25) is 5.91 Å². The van der Waals surface area contributed by atoms with Crippen LogP contribution in [0.5, 0.6) is 0 Å². The largest absolute Gasteiger partial charge is 0.325 e. The Bertz CT molecular complexity index is 780. The molecule has 3 nitrogen and oxygen atoms in total. The van der Waals surface area contributed by atoms with Crippen molar-refractivity contribution in [2.24, 2.45) is 0 Å². The van der Waals surface area contributed by atoms with Gasteiger partial charge >= 0.3 is 0 Å². The van der Waals surface area contributed by atoms with Gasteiger partial charge in [-0.2, -0.15) is 0 Å². The van der Waals surface area contributed by atoms with E-state index in [2.05, 4.69) is 5.32 Å². The summed E-state index contributed by atoms with van der Waals surface area (Å²) in [4.78, 5) is 25.1. The van der Waals surface area contributed by atoms with Crippen LogP contribution in [-0.4, -0.2) is 11.7 Å². The Hall–Kier alpha value is -2.42. The summed E-state index contributed by atoms with van der Waals surface area (Å²) < 4.78 is 0. The van der Waals surface area contributed by atoms with Crippen LogP contribution in [0.2, 0.25) is 0 Å². The quantitative estimate of drug-likeness (QED) is 0.871. The highest BCUT2D eigenvalue weighted by atomic mass is 16.2. The molecule has 0 bridgehead atoms. The normalized spacial score (nSPS) is 25.6. The van der Waals surface area contributed by atoms with Gasteiger partial charge < -0.3 is 5.32 Å². The van der Waals surface area contributed by atoms with E-state index in [0.29, 0.717) is 6.42 Å². The maximum absolute atomic E-state index is 12.8. The Labute approximate surface area is 123 Å². The van der Waals surface area contributed by atoms with Crippen molar-refractivity contribution in [2.75, 3.05) is 5.32 Å². The zero-order valence-corrected chi connectivity index (χ0v) is 11.7. The number of benzene rings is 2. The van der Waals surface area contributed by atoms with Crippen molar-refractivity contribution in [3.8, 4) is 0 Å². The molecule has 2 unspecified atom stereocenters. The lowest BCUT2D eigenvalue weighted by atomic mass is 9.70. The molecule has 21 heavy (non-hydrogen) atoms. The fourth-order valence-corrected chi connectivity index (χ4v) is 4.01. The molecule has 1 N–H and O–H groups in total. The Morgan fingerprint density at radius 3 is 2.67 bits per heavy atom. The predicted molar refractivity (Wildman–Crippen MR) is 80.3 cm³/mol. The molecule has 0 saturated heterocycles. The van der Waals surface area contributed by atoms with E-state index in [9.17, 15) is 9.59 Å². The number of hydrogen-bond donors (Lipinski definition) is 1. The molecule has 1 spiro atoms. The summed E-state index contributed by atoms with van der Waals surface area (Å²) in [6, 6.07) is 15.6. The highest BCUT2D eigenvalue weighted by Gasteiger charge is 2.58. The summed E-state index contributed by atoms with van der Waals surface area (Å²) in [5.41, 5.74) is 3.11. The number of hydrogen-bond acceptors (Lipinski definition) is 2. The topological polar surface area (TPSA) is 46.2 Å². The van der Waals surface area contributed by atoms with E-state index in [1.54, 1.807) is 6.92 Å². The van der Waals surface area contributed by atoms with Gasteiger partial charge in [-0.25, -0.2) is 0 Å². The SMILES string of the molecule is CC(=O)C1c2ccccc2CC12C(=O)Nc1ccccc12. The molecule has 1 aliphatic carbocycles. The number of nitrogens with one attached hydrogen (secondary N) is 1. The molecule has 4 rings (SSSR count). The van der Waals surface area contributed by atoms with Crippen molar-refractivity contribution in [2.45, 2.75) is 24.7 Å². The number of carbonyl (C=O) groups is 2. The third kappa shape index (κ3) is 1.43. The number of ketones is 1. The molecule has 2 atom stereocenters. The Kier molecular flexibility index (Phi) is 2.37. The molecule has 1 heterocycles. The number of Topliss-reactive ketones (excluding diaryl/α,β-unsaturated/α-hetero) is 1. The van der Waals surface area contributed by atoms with E-state index in [0.717, 1.165) is 22.4 Å². The molecule has 104 valence electrons. The molecule has 1 amide bonds. The molecule has 2 aliphatic rings. The van der Waals surface area contributed by atoms with E-state index in [4.69, 9.17) is 0 Å². The zero-order valence-electron chi connectivity index (χ0n) is 11.7. The van der Waals surface area contributed by atoms with Crippen LogP contribution in [-0.2, 0) is 21.4 Å². The van der Waals surface area contributed by atoms with Gasteiger partial charge in [-0.1, -0.05) is 42.5 Å². The lowest BCUT2D eigenvalue weighted by Crippen LogP contribution is -2.41. The van der Waals surface area contributed by atoms with Gasteiger partial charge in [0.15, 0.2) is 0 Å². The molecule has 3 heteroatoms. The van der Waals surface area contributed by atoms with E-state index < -0.39 is 11.3 Å². The first kappa shape index (κ1) is 12.3. The van der Waals surface area contributed by atoms with E-state index in [1.165, 1.54) is 0 Å². The molecule has 0 fully saturated rings. The van der Waals surface area contributed by atoms with Crippen LogP contribution in [0.25, 0.3) is 0 Å². The molecule has 0 saturated carbocycles. The maximum atomic E-state index is 12.8. The van der Waals surface area contributed by atoms with Gasteiger partial charge in [-0.3, -0.25) is 9.59 Å². The van der Waals surface area contributed by atoms with E-state index in [-0.39, 0.29) is 11.7 Å². The first-order chi connectivity index (χ1) is 10.1. The van der Waals surface area contributed by atoms with Crippen molar-refractivity contribution in [1.29, 1.82) is 0 Å². The third-order valence-corrected chi connectivity index (χ3v) is 4.80. The second kappa shape index (κ2) is 4.04. The number of anilines is 1. The standard InChI is InChI=1S/C18H15NO2/c1-11(20)16-13-7-3-2-6-12(13)10-18(16)14-8-4-5-9-15(14)19-17(18)21/h2-9,16H,10H2,1H3,(H,19,21). The van der Waals surface area contributed by atoms with Crippen LogP contribution in [0.3, 0.4) is 0 Å². The Balaban J connectivity index is 2.01. The number of para-hydroxylation sites is 1. The summed E-state index contributed by atoms with van der Waals surface area (Å²) >= 11 is 0. The Morgan fingerprint density at radius 2 is 1.86 bits per heavy atom. The highest BCUT2D eigenvalue weighted by molar-refractivity contribution is 6.11. The van der Waals surface area contributed by atoms with Gasteiger partial charge in [-0.15, -0.1) is 0 Å². The fraction of sp³-hybridized carbons (Fsp3) is 0.222. The second-order valence-corrected chi connectivity index (χ2v) is 5.89. The van der Waals surface area contributed by atoms with Crippen molar-refractivity contribution in [3.05, 3.63) is 65.2 Å². The van der Waals surface area contributed by atoms with Crippen LogP contribution in [0.1, 0.15) is 29.5 Å². The van der Waals surface area contributed by atoms with Crippen molar-refractivity contribution in [1.82, 2.24) is 0 Å². The van der Waals surface area contributed by atoms with Gasteiger partial charge in [0.25, 0.3) is 0 Å². The number of amides is 1. The molecule has 2 aromatic rings. The predicted octanol–water partition coefficient (Wildman–Crippen LogP) is 2.81. The number of fused-ring (bicyclic) bond motifs is 3. The summed E-state index contributed by atoms with van der Waals surface area (Å²) in [6.45, 7) is 1.59. The summed E-state index contributed by atoms with van der Waals surface area (Å²) in [6.07, 6.45) is 0.594. The van der Waals surface area contributed by atoms with Gasteiger partial charge in [0, 0.05) is 5.69 Å². The molecule has 1 aliphatic heterocycles. The highest BCUT2D eigenvalue weighted by Crippen LogP contribution is 2.54. The monoisotopic (exact) mass is 277 g/mol. The molecular formula is C18H15NO2. The summed E-state index contributed by atoms with van der Waals surface area (Å²) in [7, 11) is 0. The molecule has 0 radical (unpaired) electrons. The summed E-state index contributed by atoms with van der Waals surface area (Å²) in [5, 5.41) is 2.96. The zero-order chi connectivity index (χ0) is 14.6.